The Morgan fingerprint density at radius 3 is 2.39 bits per heavy atom. The van der Waals surface area contributed by atoms with E-state index in [9.17, 15) is 13.2 Å². The summed E-state index contributed by atoms with van der Waals surface area (Å²) in [5, 5.41) is 2.77. The van der Waals surface area contributed by atoms with E-state index in [2.05, 4.69) is 10.0 Å². The summed E-state index contributed by atoms with van der Waals surface area (Å²) in [6.07, 6.45) is 1.60. The van der Waals surface area contributed by atoms with Gasteiger partial charge in [0.05, 0.1) is 12.0 Å². The van der Waals surface area contributed by atoms with Crippen LogP contribution >= 0.6 is 12.4 Å². The Hall–Kier alpha value is -2.29. The lowest BCUT2D eigenvalue weighted by atomic mass is 10.1. The number of hydrogen-bond acceptors (Lipinski definition) is 5. The topological polar surface area (TPSA) is 111 Å². The van der Waals surface area contributed by atoms with Gasteiger partial charge in [-0.05, 0) is 68.3 Å². The van der Waals surface area contributed by atoms with Crippen molar-refractivity contribution in [2.45, 2.75) is 24.7 Å². The van der Waals surface area contributed by atoms with Crippen LogP contribution in [0.1, 0.15) is 28.8 Å². The lowest BCUT2D eigenvalue weighted by Gasteiger charge is -2.12. The first-order chi connectivity index (χ1) is 12.9. The third kappa shape index (κ3) is 6.40. The molecule has 0 aliphatic carbocycles. The van der Waals surface area contributed by atoms with E-state index >= 15 is 0 Å². The monoisotopic (exact) mass is 427 g/mol. The second-order valence-electron chi connectivity index (χ2n) is 6.07. The minimum atomic E-state index is -3.84. The summed E-state index contributed by atoms with van der Waals surface area (Å²) < 4.78 is 33.1. The highest BCUT2D eigenvalue weighted by Crippen LogP contribution is 2.22. The maximum absolute atomic E-state index is 12.8. The number of sulfonamides is 1. The molecule has 0 bridgehead atoms. The molecule has 0 fully saturated rings. The number of rotatable bonds is 9. The lowest BCUT2D eigenvalue weighted by molar-refractivity contribution is 0.0953. The highest BCUT2D eigenvalue weighted by molar-refractivity contribution is 7.92. The van der Waals surface area contributed by atoms with Crippen molar-refractivity contribution in [2.24, 2.45) is 5.73 Å². The molecule has 0 unspecified atom stereocenters. The molecule has 4 N–H and O–H groups in total. The van der Waals surface area contributed by atoms with E-state index < -0.39 is 10.0 Å². The summed E-state index contributed by atoms with van der Waals surface area (Å²) >= 11 is 0. The number of halogens is 1. The maximum atomic E-state index is 12.8. The van der Waals surface area contributed by atoms with Crippen LogP contribution in [0.15, 0.2) is 47.4 Å². The molecule has 28 heavy (non-hydrogen) atoms. The van der Waals surface area contributed by atoms with Gasteiger partial charge < -0.3 is 15.8 Å². The van der Waals surface area contributed by atoms with Crippen molar-refractivity contribution in [3.8, 4) is 5.75 Å². The van der Waals surface area contributed by atoms with E-state index in [0.717, 1.165) is 12.8 Å². The number of hydrogen-bond donors (Lipinski definition) is 3. The van der Waals surface area contributed by atoms with Gasteiger partial charge in [-0.3, -0.25) is 9.52 Å². The molecule has 0 saturated carbocycles. The summed E-state index contributed by atoms with van der Waals surface area (Å²) in [6, 6.07) is 11.2. The number of anilines is 1. The van der Waals surface area contributed by atoms with Crippen LogP contribution in [-0.2, 0) is 10.0 Å². The third-order valence-electron chi connectivity index (χ3n) is 4.00. The van der Waals surface area contributed by atoms with Gasteiger partial charge in [-0.15, -0.1) is 12.4 Å². The molecule has 2 aromatic rings. The van der Waals surface area contributed by atoms with E-state index in [1.54, 1.807) is 43.3 Å². The predicted molar refractivity (Wildman–Crippen MR) is 113 cm³/mol. The molecule has 0 heterocycles. The van der Waals surface area contributed by atoms with Gasteiger partial charge >= 0.3 is 0 Å². The fourth-order valence-electron chi connectivity index (χ4n) is 2.47. The number of amides is 1. The third-order valence-corrected chi connectivity index (χ3v) is 5.52. The van der Waals surface area contributed by atoms with E-state index in [1.165, 1.54) is 13.2 Å². The van der Waals surface area contributed by atoms with Crippen molar-refractivity contribution >= 4 is 34.0 Å². The Morgan fingerprint density at radius 1 is 1.11 bits per heavy atom. The Bertz CT molecular complexity index is 887. The Labute approximate surface area is 172 Å². The molecule has 0 spiro atoms. The minimum Gasteiger partial charge on any atom is -0.497 e. The van der Waals surface area contributed by atoms with Crippen molar-refractivity contribution in [2.75, 3.05) is 24.9 Å². The molecule has 0 saturated heterocycles. The van der Waals surface area contributed by atoms with Crippen molar-refractivity contribution in [3.63, 3.8) is 0 Å². The predicted octanol–water partition coefficient (Wildman–Crippen LogP) is 2.69. The standard InChI is InChI=1S/C19H25N3O4S.ClH/c1-14-5-6-15(19(23)21-12-4-3-11-20)13-18(14)27(24,25)22-16-7-9-17(26-2)10-8-16;/h5-10,13,22H,3-4,11-12,20H2,1-2H3,(H,21,23);1H. The molecule has 0 aromatic heterocycles. The summed E-state index contributed by atoms with van der Waals surface area (Å²) in [5.74, 6) is 0.315. The quantitative estimate of drug-likeness (QED) is 0.533. The number of aryl methyl sites for hydroxylation is 1. The number of carbonyl (C=O) groups is 1. The smallest absolute Gasteiger partial charge is 0.262 e. The van der Waals surface area contributed by atoms with Gasteiger partial charge in [0.1, 0.15) is 5.75 Å². The minimum absolute atomic E-state index is 0. The Balaban J connectivity index is 0.00000392. The first-order valence-corrected chi connectivity index (χ1v) is 10.1. The molecule has 2 aromatic carbocycles. The maximum Gasteiger partial charge on any atom is 0.262 e. The van der Waals surface area contributed by atoms with Gasteiger partial charge in [0, 0.05) is 17.8 Å². The van der Waals surface area contributed by atoms with Crippen molar-refractivity contribution in [1.82, 2.24) is 5.32 Å². The van der Waals surface area contributed by atoms with Crippen LogP contribution in [0, 0.1) is 6.92 Å². The summed E-state index contributed by atoms with van der Waals surface area (Å²) in [4.78, 5) is 12.3. The molecule has 0 radical (unpaired) electrons. The van der Waals surface area contributed by atoms with Crippen LogP contribution in [0.2, 0.25) is 0 Å². The van der Waals surface area contributed by atoms with Gasteiger partial charge in [-0.1, -0.05) is 6.07 Å². The van der Waals surface area contributed by atoms with Gasteiger partial charge in [-0.2, -0.15) is 0 Å². The lowest BCUT2D eigenvalue weighted by Crippen LogP contribution is -2.25. The van der Waals surface area contributed by atoms with Crippen LogP contribution < -0.4 is 20.5 Å². The first kappa shape index (κ1) is 23.7. The van der Waals surface area contributed by atoms with Crippen LogP contribution in [-0.4, -0.2) is 34.5 Å². The van der Waals surface area contributed by atoms with Crippen LogP contribution in [0.25, 0.3) is 0 Å². The molecule has 0 aliphatic heterocycles. The number of nitrogens with one attached hydrogen (secondary N) is 2. The van der Waals surface area contributed by atoms with E-state index in [-0.39, 0.29) is 23.2 Å². The second-order valence-corrected chi connectivity index (χ2v) is 7.72. The molecule has 7 nitrogen and oxygen atoms in total. The highest BCUT2D eigenvalue weighted by Gasteiger charge is 2.19. The zero-order valence-electron chi connectivity index (χ0n) is 15.9. The Kier molecular flexibility index (Phi) is 9.24. The number of unbranched alkanes of at least 4 members (excludes halogenated alkanes) is 1. The Morgan fingerprint density at radius 2 is 1.79 bits per heavy atom. The normalized spacial score (nSPS) is 10.7. The zero-order chi connectivity index (χ0) is 19.9. The van der Waals surface area contributed by atoms with Crippen molar-refractivity contribution in [3.05, 3.63) is 53.6 Å². The molecule has 0 aliphatic rings. The van der Waals surface area contributed by atoms with Crippen LogP contribution in [0.3, 0.4) is 0 Å². The summed E-state index contributed by atoms with van der Waals surface area (Å²) in [6.45, 7) is 2.75. The molecule has 2 rings (SSSR count). The van der Waals surface area contributed by atoms with Crippen molar-refractivity contribution < 1.29 is 17.9 Å². The van der Waals surface area contributed by atoms with E-state index in [4.69, 9.17) is 10.5 Å². The molecular formula is C19H26ClN3O4S. The SMILES string of the molecule is COc1ccc(NS(=O)(=O)c2cc(C(=O)NCCCCN)ccc2C)cc1.Cl. The van der Waals surface area contributed by atoms with Crippen LogP contribution in [0.5, 0.6) is 5.75 Å². The molecule has 154 valence electrons. The number of benzene rings is 2. The molecule has 9 heteroatoms. The first-order valence-electron chi connectivity index (χ1n) is 8.63. The van der Waals surface area contributed by atoms with E-state index in [1.807, 2.05) is 0 Å². The second kappa shape index (κ2) is 10.9. The van der Waals surface area contributed by atoms with Gasteiger partial charge in [0.2, 0.25) is 0 Å². The number of carbonyl (C=O) groups excluding carboxylic acids is 1. The average molecular weight is 428 g/mol. The highest BCUT2D eigenvalue weighted by atomic mass is 35.5. The summed E-state index contributed by atoms with van der Waals surface area (Å²) in [7, 11) is -2.30. The van der Waals surface area contributed by atoms with Gasteiger partial charge in [0.15, 0.2) is 0 Å². The fraction of sp³-hybridized carbons (Fsp3) is 0.316. The summed E-state index contributed by atoms with van der Waals surface area (Å²) in [5.41, 5.74) is 6.68. The van der Waals surface area contributed by atoms with Crippen LogP contribution in [0.4, 0.5) is 5.69 Å². The number of nitrogens with two attached hydrogens (primary N) is 1. The average Bonchev–Trinajstić information content (AvgIpc) is 2.65. The van der Waals surface area contributed by atoms with Crippen molar-refractivity contribution in [1.29, 1.82) is 0 Å². The molecule has 0 atom stereocenters. The number of ether oxygens (including phenoxy) is 1. The van der Waals surface area contributed by atoms with Gasteiger partial charge in [0.25, 0.3) is 15.9 Å². The number of methoxy groups -OCH3 is 1. The van der Waals surface area contributed by atoms with E-state index in [0.29, 0.717) is 35.7 Å². The largest absolute Gasteiger partial charge is 0.497 e. The molecule has 1 amide bonds. The zero-order valence-corrected chi connectivity index (χ0v) is 17.5. The fourth-order valence-corrected chi connectivity index (χ4v) is 3.80. The molecular weight excluding hydrogens is 402 g/mol. The van der Waals surface area contributed by atoms with Gasteiger partial charge in [-0.25, -0.2) is 8.42 Å².